The van der Waals surface area contributed by atoms with Gasteiger partial charge in [0.15, 0.2) is 17.7 Å². The number of para-hydroxylation sites is 1. The predicted molar refractivity (Wildman–Crippen MR) is 120 cm³/mol. The minimum atomic E-state index is -1.25. The Kier molecular flexibility index (Phi) is 6.53. The number of benzene rings is 3. The lowest BCUT2D eigenvalue weighted by Gasteiger charge is -2.18. The molecule has 1 aliphatic heterocycles. The standard InChI is InChI=1S/C25H21F2N3O4/c1-28-25(33)22(15-9-10-18(26)19(27)12-15)30-23(31)16-6-4-7-17(11-16)29-24(32)21-13-14-5-2-3-8-20(14)34-21/h2-12,21-22H,13H2,1H3,(H,28,33)(H,29,32)(H,30,31). The Balaban J connectivity index is 1.47. The highest BCUT2D eigenvalue weighted by Crippen LogP contribution is 2.28. The Morgan fingerprint density at radius 2 is 1.76 bits per heavy atom. The van der Waals surface area contributed by atoms with Crippen LogP contribution in [0.3, 0.4) is 0 Å². The van der Waals surface area contributed by atoms with Crippen LogP contribution in [-0.4, -0.2) is 30.9 Å². The van der Waals surface area contributed by atoms with Crippen LogP contribution < -0.4 is 20.7 Å². The highest BCUT2D eigenvalue weighted by Gasteiger charge is 2.29. The van der Waals surface area contributed by atoms with E-state index in [1.165, 1.54) is 25.2 Å². The lowest BCUT2D eigenvalue weighted by molar-refractivity contribution is -0.123. The van der Waals surface area contributed by atoms with Gasteiger partial charge in [-0.1, -0.05) is 30.3 Å². The minimum Gasteiger partial charge on any atom is -0.480 e. The molecule has 0 saturated heterocycles. The number of rotatable bonds is 6. The molecule has 0 fully saturated rings. The third-order valence-corrected chi connectivity index (χ3v) is 5.39. The van der Waals surface area contributed by atoms with E-state index in [-0.39, 0.29) is 17.0 Å². The molecule has 0 aliphatic carbocycles. The van der Waals surface area contributed by atoms with Crippen LogP contribution in [-0.2, 0) is 16.0 Å². The SMILES string of the molecule is CNC(=O)C(NC(=O)c1cccc(NC(=O)C2Cc3ccccc3O2)c1)c1ccc(F)c(F)c1. The molecular formula is C25H21F2N3O4. The number of anilines is 1. The van der Waals surface area contributed by atoms with Crippen LogP contribution in [0, 0.1) is 11.6 Å². The maximum absolute atomic E-state index is 13.7. The smallest absolute Gasteiger partial charge is 0.265 e. The Labute approximate surface area is 194 Å². The topological polar surface area (TPSA) is 96.5 Å². The molecule has 3 aromatic carbocycles. The fourth-order valence-corrected chi connectivity index (χ4v) is 3.64. The molecule has 2 atom stereocenters. The van der Waals surface area contributed by atoms with E-state index in [2.05, 4.69) is 16.0 Å². The second-order valence-corrected chi connectivity index (χ2v) is 7.68. The van der Waals surface area contributed by atoms with Gasteiger partial charge in [-0.2, -0.15) is 0 Å². The third-order valence-electron chi connectivity index (χ3n) is 5.39. The second-order valence-electron chi connectivity index (χ2n) is 7.68. The molecule has 3 aromatic rings. The summed E-state index contributed by atoms with van der Waals surface area (Å²) in [6.07, 6.45) is -0.259. The van der Waals surface area contributed by atoms with Crippen LogP contribution in [0.25, 0.3) is 0 Å². The van der Waals surface area contributed by atoms with E-state index in [4.69, 9.17) is 4.74 Å². The van der Waals surface area contributed by atoms with Gasteiger partial charge in [0.1, 0.15) is 11.8 Å². The van der Waals surface area contributed by atoms with Gasteiger partial charge in [-0.05, 0) is 47.5 Å². The van der Waals surface area contributed by atoms with Crippen LogP contribution in [0.1, 0.15) is 27.5 Å². The van der Waals surface area contributed by atoms with Crippen molar-refractivity contribution in [2.75, 3.05) is 12.4 Å². The van der Waals surface area contributed by atoms with E-state index in [0.29, 0.717) is 17.9 Å². The number of carbonyl (C=O) groups excluding carboxylic acids is 3. The van der Waals surface area contributed by atoms with Crippen molar-refractivity contribution in [1.82, 2.24) is 10.6 Å². The maximum atomic E-state index is 13.7. The van der Waals surface area contributed by atoms with E-state index in [0.717, 1.165) is 17.7 Å². The van der Waals surface area contributed by atoms with E-state index >= 15 is 0 Å². The molecule has 2 unspecified atom stereocenters. The molecular weight excluding hydrogens is 444 g/mol. The monoisotopic (exact) mass is 465 g/mol. The van der Waals surface area contributed by atoms with Gasteiger partial charge in [0, 0.05) is 24.7 Å². The molecule has 0 saturated carbocycles. The van der Waals surface area contributed by atoms with Crippen LogP contribution in [0.2, 0.25) is 0 Å². The number of amides is 3. The summed E-state index contributed by atoms with van der Waals surface area (Å²) in [7, 11) is 1.36. The first kappa shape index (κ1) is 22.9. The van der Waals surface area contributed by atoms with Crippen LogP contribution in [0.4, 0.5) is 14.5 Å². The summed E-state index contributed by atoms with van der Waals surface area (Å²) >= 11 is 0. The summed E-state index contributed by atoms with van der Waals surface area (Å²) in [4.78, 5) is 37.8. The Morgan fingerprint density at radius 1 is 0.971 bits per heavy atom. The number of hydrogen-bond acceptors (Lipinski definition) is 4. The molecule has 7 nitrogen and oxygen atoms in total. The van der Waals surface area contributed by atoms with Gasteiger partial charge in [-0.15, -0.1) is 0 Å². The van der Waals surface area contributed by atoms with Crippen molar-refractivity contribution in [3.63, 3.8) is 0 Å². The maximum Gasteiger partial charge on any atom is 0.265 e. The number of fused-ring (bicyclic) bond motifs is 1. The number of likely N-dealkylation sites (N-methyl/N-ethyl adjacent to an activating group) is 1. The summed E-state index contributed by atoms with van der Waals surface area (Å²) in [6, 6.07) is 15.2. The summed E-state index contributed by atoms with van der Waals surface area (Å²) in [5.41, 5.74) is 1.54. The molecule has 3 amide bonds. The van der Waals surface area contributed by atoms with Gasteiger partial charge in [0.2, 0.25) is 5.91 Å². The summed E-state index contributed by atoms with van der Waals surface area (Å²) < 4.78 is 32.7. The zero-order valence-electron chi connectivity index (χ0n) is 18.1. The molecule has 3 N–H and O–H groups in total. The van der Waals surface area contributed by atoms with Gasteiger partial charge in [-0.3, -0.25) is 14.4 Å². The molecule has 0 radical (unpaired) electrons. The average molecular weight is 465 g/mol. The predicted octanol–water partition coefficient (Wildman–Crippen LogP) is 3.12. The van der Waals surface area contributed by atoms with Crippen LogP contribution >= 0.6 is 0 Å². The van der Waals surface area contributed by atoms with Crippen LogP contribution in [0.15, 0.2) is 66.7 Å². The summed E-state index contributed by atoms with van der Waals surface area (Å²) in [5.74, 6) is -3.15. The first-order valence-electron chi connectivity index (χ1n) is 10.5. The molecule has 1 aliphatic rings. The lowest BCUT2D eigenvalue weighted by Crippen LogP contribution is -2.39. The molecule has 4 rings (SSSR count). The molecule has 9 heteroatoms. The van der Waals surface area contributed by atoms with Gasteiger partial charge in [0.25, 0.3) is 11.8 Å². The number of hydrogen-bond donors (Lipinski definition) is 3. The van der Waals surface area contributed by atoms with Crippen molar-refractivity contribution in [2.45, 2.75) is 18.6 Å². The zero-order chi connectivity index (χ0) is 24.2. The molecule has 34 heavy (non-hydrogen) atoms. The van der Waals surface area contributed by atoms with Gasteiger partial charge in [0.05, 0.1) is 0 Å². The molecule has 0 bridgehead atoms. The van der Waals surface area contributed by atoms with E-state index in [9.17, 15) is 23.2 Å². The molecule has 1 heterocycles. The van der Waals surface area contributed by atoms with Crippen LogP contribution in [0.5, 0.6) is 5.75 Å². The van der Waals surface area contributed by atoms with Gasteiger partial charge < -0.3 is 20.7 Å². The highest BCUT2D eigenvalue weighted by molar-refractivity contribution is 6.00. The van der Waals surface area contributed by atoms with Crippen molar-refractivity contribution in [2.24, 2.45) is 0 Å². The summed E-state index contributed by atoms with van der Waals surface area (Å²) in [6.45, 7) is 0. The number of carbonyl (C=O) groups is 3. The first-order chi connectivity index (χ1) is 16.4. The van der Waals surface area contributed by atoms with Gasteiger partial charge in [-0.25, -0.2) is 8.78 Å². The van der Waals surface area contributed by atoms with Crippen molar-refractivity contribution in [3.05, 3.63) is 95.1 Å². The second kappa shape index (κ2) is 9.70. The number of halogens is 2. The first-order valence-corrected chi connectivity index (χ1v) is 10.5. The Morgan fingerprint density at radius 3 is 2.50 bits per heavy atom. The largest absolute Gasteiger partial charge is 0.480 e. The lowest BCUT2D eigenvalue weighted by atomic mass is 10.0. The Hall–Kier alpha value is -4.27. The summed E-state index contributed by atoms with van der Waals surface area (Å²) in [5, 5.41) is 7.64. The molecule has 0 aromatic heterocycles. The van der Waals surface area contributed by atoms with Crippen molar-refractivity contribution < 1.29 is 27.9 Å². The van der Waals surface area contributed by atoms with E-state index in [1.807, 2.05) is 18.2 Å². The molecule has 174 valence electrons. The quantitative estimate of drug-likeness (QED) is 0.521. The molecule has 0 spiro atoms. The van der Waals surface area contributed by atoms with Gasteiger partial charge >= 0.3 is 0 Å². The number of nitrogens with one attached hydrogen (secondary N) is 3. The minimum absolute atomic E-state index is 0.0778. The fraction of sp³-hybridized carbons (Fsp3) is 0.160. The van der Waals surface area contributed by atoms with Crippen molar-refractivity contribution >= 4 is 23.4 Å². The van der Waals surface area contributed by atoms with E-state index < -0.39 is 35.6 Å². The van der Waals surface area contributed by atoms with Crippen molar-refractivity contribution in [1.29, 1.82) is 0 Å². The number of ether oxygens (including phenoxy) is 1. The highest BCUT2D eigenvalue weighted by atomic mass is 19.2. The van der Waals surface area contributed by atoms with Crippen molar-refractivity contribution in [3.8, 4) is 5.75 Å². The normalized spacial score (nSPS) is 15.0. The fourth-order valence-electron chi connectivity index (χ4n) is 3.64. The average Bonchev–Trinajstić information content (AvgIpc) is 3.28. The Bertz CT molecular complexity index is 1240. The third kappa shape index (κ3) is 4.88. The zero-order valence-corrected chi connectivity index (χ0v) is 18.1. The van der Waals surface area contributed by atoms with E-state index in [1.54, 1.807) is 18.2 Å².